The van der Waals surface area contributed by atoms with Crippen LogP contribution in [0.4, 0.5) is 11.4 Å². The molecule has 1 N–H and O–H groups in total. The molecule has 11 nitrogen and oxygen atoms in total. The predicted molar refractivity (Wildman–Crippen MR) is 333 cm³/mol. The Kier molecular flexibility index (Phi) is 27.9. The Morgan fingerprint density at radius 2 is 0.788 bits per heavy atom. The number of aromatic nitrogens is 1. The number of nitrogens with zero attached hydrogens (tertiary/aromatic N) is 3. The van der Waals surface area contributed by atoms with Gasteiger partial charge in [0.25, 0.3) is 0 Å². The van der Waals surface area contributed by atoms with Gasteiger partial charge in [0.2, 0.25) is 6.79 Å². The summed E-state index contributed by atoms with van der Waals surface area (Å²) in [5.41, 5.74) is 8.15. The van der Waals surface area contributed by atoms with Crippen LogP contribution in [0.25, 0.3) is 47.4 Å². The molecule has 0 saturated carbocycles. The van der Waals surface area contributed by atoms with Crippen molar-refractivity contribution in [3.05, 3.63) is 292 Å². The van der Waals surface area contributed by atoms with Gasteiger partial charge in [0.1, 0.15) is 17.8 Å². The van der Waals surface area contributed by atoms with Crippen molar-refractivity contribution < 1.29 is 74.2 Å². The van der Waals surface area contributed by atoms with Gasteiger partial charge in [-0.15, -0.1) is 0 Å². The monoisotopic (exact) mass is 1320 g/mol. The molecule has 10 rings (SSSR count). The van der Waals surface area contributed by atoms with Gasteiger partial charge >= 0.3 is 0 Å². The minimum Gasteiger partial charge on any atom is -0.493 e. The van der Waals surface area contributed by atoms with Gasteiger partial charge in [-0.1, -0.05) is 230 Å². The van der Waals surface area contributed by atoms with Gasteiger partial charge in [-0.05, 0) is 82.0 Å². The van der Waals surface area contributed by atoms with Gasteiger partial charge in [-0.2, -0.15) is 10.5 Å². The number of carbonyl (C=O) groups excluding carboxylic acids is 3. The van der Waals surface area contributed by atoms with Gasteiger partial charge in [0.05, 0.1) is 41.6 Å². The maximum atomic E-state index is 11.6. The molecule has 9 aromatic rings. The van der Waals surface area contributed by atoms with Crippen LogP contribution in [0.15, 0.2) is 243 Å². The number of pyridine rings is 1. The van der Waals surface area contributed by atoms with Crippen LogP contribution in [0, 0.1) is 22.7 Å². The van der Waals surface area contributed by atoms with E-state index in [-0.39, 0.29) is 81.1 Å². The molecular formula is C71H55ClN4O7Pd2. The average Bonchev–Trinajstić information content (AvgIpc) is 2.29. The van der Waals surface area contributed by atoms with Crippen LogP contribution in [0.1, 0.15) is 44.5 Å². The molecule has 85 heavy (non-hydrogen) atoms. The fourth-order valence-corrected chi connectivity index (χ4v) is 7.96. The van der Waals surface area contributed by atoms with E-state index in [4.69, 9.17) is 30.5 Å². The Balaban J connectivity index is 0.000000211. The summed E-state index contributed by atoms with van der Waals surface area (Å²) in [5, 5.41) is 22.9. The number of nitrogens with one attached hydrogen (secondary N) is 1. The van der Waals surface area contributed by atoms with Crippen molar-refractivity contribution >= 4 is 87.7 Å². The van der Waals surface area contributed by atoms with E-state index in [9.17, 15) is 24.9 Å². The van der Waals surface area contributed by atoms with E-state index in [1.54, 1.807) is 48.6 Å². The molecule has 428 valence electrons. The zero-order valence-electron chi connectivity index (χ0n) is 46.0. The van der Waals surface area contributed by atoms with E-state index < -0.39 is 0 Å². The van der Waals surface area contributed by atoms with Crippen molar-refractivity contribution in [3.63, 3.8) is 0 Å². The third-order valence-electron chi connectivity index (χ3n) is 11.9. The topological polar surface area (TPSA) is 161 Å². The van der Waals surface area contributed by atoms with Gasteiger partial charge in [0.15, 0.2) is 40.3 Å². The van der Waals surface area contributed by atoms with E-state index >= 15 is 0 Å². The van der Waals surface area contributed by atoms with Gasteiger partial charge in [-0.25, -0.2) is 0 Å². The normalized spacial score (nSPS) is 11.0. The average molecular weight is 1320 g/mol. The number of benzene rings is 8. The zero-order valence-corrected chi connectivity index (χ0v) is 49.8. The van der Waals surface area contributed by atoms with Crippen molar-refractivity contribution in [1.82, 2.24) is 4.98 Å². The summed E-state index contributed by atoms with van der Waals surface area (Å²) in [6, 6.07) is 67.7. The van der Waals surface area contributed by atoms with Crippen molar-refractivity contribution in [2.24, 2.45) is 0 Å². The third-order valence-corrected chi connectivity index (χ3v) is 12.2. The van der Waals surface area contributed by atoms with Crippen molar-refractivity contribution in [1.29, 1.82) is 10.5 Å². The van der Waals surface area contributed by atoms with Crippen LogP contribution in [-0.2, 0) is 55.2 Å². The van der Waals surface area contributed by atoms with Crippen LogP contribution < -0.4 is 24.3 Å². The first-order valence-corrected chi connectivity index (χ1v) is 26.3. The van der Waals surface area contributed by atoms with Crippen LogP contribution in [0.2, 0.25) is 5.02 Å². The number of hydrogen-bond acceptors (Lipinski definition) is 11. The third kappa shape index (κ3) is 21.2. The van der Waals surface area contributed by atoms with Crippen molar-refractivity contribution in [2.45, 2.75) is 0 Å². The van der Waals surface area contributed by atoms with Crippen LogP contribution in [0.3, 0.4) is 0 Å². The van der Waals surface area contributed by atoms with Crippen molar-refractivity contribution in [2.75, 3.05) is 26.3 Å². The number of anilines is 2. The van der Waals surface area contributed by atoms with Crippen LogP contribution in [0.5, 0.6) is 23.0 Å². The zero-order chi connectivity index (χ0) is 58.4. The molecule has 0 fully saturated rings. The molecule has 0 bridgehead atoms. The molecule has 2 heterocycles. The number of fused-ring (bicyclic) bond motifs is 2. The Morgan fingerprint density at radius 3 is 1.11 bits per heavy atom. The summed E-state index contributed by atoms with van der Waals surface area (Å²) in [6.45, 7) is -0.0355. The van der Waals surface area contributed by atoms with E-state index in [2.05, 4.69) is 16.4 Å². The second-order valence-electron chi connectivity index (χ2n) is 17.6. The molecule has 1 aliphatic heterocycles. The summed E-state index contributed by atoms with van der Waals surface area (Å²) in [7, 11) is 3.05. The summed E-state index contributed by atoms with van der Waals surface area (Å²) in [4.78, 5) is 39.2. The summed E-state index contributed by atoms with van der Waals surface area (Å²) >= 11 is 6.40. The molecule has 14 heteroatoms. The molecule has 0 unspecified atom stereocenters. The fourth-order valence-electron chi connectivity index (χ4n) is 7.72. The number of ketones is 3. The molecule has 1 aliphatic rings. The minimum absolute atomic E-state index is 0. The van der Waals surface area contributed by atoms with Gasteiger partial charge in [-0.3, -0.25) is 19.4 Å². The summed E-state index contributed by atoms with van der Waals surface area (Å²) in [5.74, 6) is 1.57. The molecule has 0 aliphatic carbocycles. The van der Waals surface area contributed by atoms with Crippen LogP contribution in [-0.4, -0.2) is 43.3 Å². The Labute approximate surface area is 527 Å². The molecule has 0 spiro atoms. The molecule has 8 aromatic carbocycles. The van der Waals surface area contributed by atoms with Crippen LogP contribution >= 0.6 is 11.6 Å². The molecule has 0 saturated heterocycles. The van der Waals surface area contributed by atoms with E-state index in [0.717, 1.165) is 33.4 Å². The predicted octanol–water partition coefficient (Wildman–Crippen LogP) is 16.1. The minimum atomic E-state index is -0.0355. The maximum Gasteiger partial charge on any atom is 0.231 e. The Morgan fingerprint density at radius 1 is 0.471 bits per heavy atom. The number of ether oxygens (including phenoxy) is 4. The van der Waals surface area contributed by atoms with Gasteiger partial charge in [0, 0.05) is 58.5 Å². The number of nitriles is 2. The SMILES string of the molecule is COc1cc2ncc(C#N)c(Nc3c(Cl)cc(C#N)c4c3OCO4)c2cc1OC.O=C(C=Cc1ccccc1)C=Cc1ccccc1.O=C(C=Cc1ccccc1)C=Cc1ccccc1.O=C(C=Cc1ccccc1)C=Cc1ccccc1.[Pd].[Pd]. The number of carbonyl (C=O) groups is 3. The Bertz CT molecular complexity index is 3500. The number of halogens is 1. The number of methoxy groups -OCH3 is 2. The smallest absolute Gasteiger partial charge is 0.231 e. The second-order valence-corrected chi connectivity index (χ2v) is 18.0. The number of hydrogen-bond donors (Lipinski definition) is 1. The maximum absolute atomic E-state index is 11.6. The summed E-state index contributed by atoms with van der Waals surface area (Å²) in [6.07, 6.45) is 21.8. The number of allylic oxidation sites excluding steroid dienone is 6. The van der Waals surface area contributed by atoms with E-state index in [1.165, 1.54) is 26.5 Å². The molecule has 1 aromatic heterocycles. The van der Waals surface area contributed by atoms with Crippen molar-refractivity contribution in [3.8, 4) is 35.1 Å². The first-order chi connectivity index (χ1) is 40.6. The first-order valence-electron chi connectivity index (χ1n) is 25.9. The largest absolute Gasteiger partial charge is 0.493 e. The number of rotatable bonds is 16. The quantitative estimate of drug-likeness (QED) is 0.0724. The molecule has 0 amide bonds. The van der Waals surface area contributed by atoms with E-state index in [1.807, 2.05) is 225 Å². The standard InChI is InChI=1S/C20H13ClN4O4.3C17H14O.2Pd/c1-26-15-4-12-14(5-16(15)27-2)24-8-11(7-23)17(12)25-18-13(21)3-10(6-22)19-20(18)29-9-28-19;3*18-17(13-11-15-7-3-1-4-8-15)14-12-16-9-5-2-6-10-16;;/h3-5,8H,9H2,1-2H3,(H,24,25);3*1-14H;;. The van der Waals surface area contributed by atoms with Gasteiger partial charge < -0.3 is 24.3 Å². The molecular weight excluding hydrogens is 1270 g/mol. The van der Waals surface area contributed by atoms with E-state index in [0.29, 0.717) is 45.3 Å². The molecule has 0 atom stereocenters. The first kappa shape index (κ1) is 66.0. The molecule has 0 radical (unpaired) electrons. The summed E-state index contributed by atoms with van der Waals surface area (Å²) < 4.78 is 21.6. The fraction of sp³-hybridized carbons (Fsp3) is 0.0423. The second kappa shape index (κ2) is 35.9. The Hall–Kier alpha value is -9.79.